The number of nitrogens with zero attached hydrogens (tertiary/aromatic N) is 2. The SMILES string of the molecule is c1ccc(CN2CC3CCCCC(NCc4ccnc(OC5CCOC5)c4)C3C2)cc1. The first-order valence-corrected chi connectivity index (χ1v) is 12.0. The van der Waals surface area contributed by atoms with Gasteiger partial charge in [-0.25, -0.2) is 4.98 Å². The van der Waals surface area contributed by atoms with E-state index in [4.69, 9.17) is 9.47 Å². The minimum Gasteiger partial charge on any atom is -0.472 e. The third-order valence-electron chi connectivity index (χ3n) is 7.22. The highest BCUT2D eigenvalue weighted by molar-refractivity contribution is 5.21. The van der Waals surface area contributed by atoms with E-state index in [-0.39, 0.29) is 6.10 Å². The van der Waals surface area contributed by atoms with Gasteiger partial charge in [0.25, 0.3) is 0 Å². The normalized spacial score (nSPS) is 28.9. The lowest BCUT2D eigenvalue weighted by Crippen LogP contribution is -2.38. The molecule has 1 aliphatic carbocycles. The fourth-order valence-electron chi connectivity index (χ4n) is 5.61. The van der Waals surface area contributed by atoms with E-state index in [0.29, 0.717) is 12.6 Å². The van der Waals surface area contributed by atoms with Gasteiger partial charge >= 0.3 is 0 Å². The molecule has 3 heterocycles. The molecule has 0 spiro atoms. The summed E-state index contributed by atoms with van der Waals surface area (Å²) in [5.74, 6) is 2.30. The topological polar surface area (TPSA) is 46.6 Å². The van der Waals surface area contributed by atoms with E-state index in [1.54, 1.807) is 0 Å². The second-order valence-electron chi connectivity index (χ2n) is 9.48. The monoisotopic (exact) mass is 421 g/mol. The molecule has 0 amide bonds. The Morgan fingerprint density at radius 3 is 2.81 bits per heavy atom. The van der Waals surface area contributed by atoms with Gasteiger partial charge < -0.3 is 14.8 Å². The van der Waals surface area contributed by atoms with Crippen molar-refractivity contribution in [2.45, 2.75) is 57.3 Å². The summed E-state index contributed by atoms with van der Waals surface area (Å²) in [5.41, 5.74) is 2.68. The number of hydrogen-bond donors (Lipinski definition) is 1. The summed E-state index contributed by atoms with van der Waals surface area (Å²) in [4.78, 5) is 7.08. The zero-order valence-electron chi connectivity index (χ0n) is 18.4. The van der Waals surface area contributed by atoms with Gasteiger partial charge in [0.15, 0.2) is 0 Å². The summed E-state index contributed by atoms with van der Waals surface area (Å²) in [6.07, 6.45) is 8.35. The molecule has 1 aromatic heterocycles. The van der Waals surface area contributed by atoms with Crippen molar-refractivity contribution in [3.8, 4) is 5.88 Å². The number of aromatic nitrogens is 1. The zero-order chi connectivity index (χ0) is 20.9. The van der Waals surface area contributed by atoms with E-state index in [0.717, 1.165) is 43.8 Å². The van der Waals surface area contributed by atoms with Crippen LogP contribution in [0.1, 0.15) is 43.2 Å². The summed E-state index contributed by atoms with van der Waals surface area (Å²) < 4.78 is 11.4. The standard InChI is InChI=1S/C26H35N3O2/c1-2-6-20(7-3-1)16-29-17-22-8-4-5-9-25(24(22)18-29)28-15-21-10-12-27-26(14-21)31-23-11-13-30-19-23/h1-3,6-7,10,12,14,22-25,28H,4-5,8-9,11,13,15-19H2. The Morgan fingerprint density at radius 2 is 1.94 bits per heavy atom. The average Bonchev–Trinajstić information content (AvgIpc) is 3.40. The van der Waals surface area contributed by atoms with Crippen molar-refractivity contribution in [1.29, 1.82) is 0 Å². The summed E-state index contributed by atoms with van der Waals surface area (Å²) in [6.45, 7) is 5.88. The van der Waals surface area contributed by atoms with Crippen LogP contribution in [0.5, 0.6) is 5.88 Å². The van der Waals surface area contributed by atoms with Crippen LogP contribution in [0, 0.1) is 11.8 Å². The average molecular weight is 422 g/mol. The molecule has 0 bridgehead atoms. The lowest BCUT2D eigenvalue weighted by molar-refractivity contribution is 0.138. The number of nitrogens with one attached hydrogen (secondary N) is 1. The number of likely N-dealkylation sites (tertiary alicyclic amines) is 1. The Bertz CT molecular complexity index is 824. The van der Waals surface area contributed by atoms with Crippen molar-refractivity contribution in [2.24, 2.45) is 11.8 Å². The molecule has 166 valence electrons. The maximum Gasteiger partial charge on any atom is 0.213 e. The predicted molar refractivity (Wildman–Crippen MR) is 122 cm³/mol. The molecule has 1 saturated carbocycles. The molecule has 3 fully saturated rings. The van der Waals surface area contributed by atoms with Gasteiger partial charge in [-0.3, -0.25) is 4.90 Å². The van der Waals surface area contributed by atoms with Gasteiger partial charge in [0, 0.05) is 50.9 Å². The number of rotatable bonds is 7. The largest absolute Gasteiger partial charge is 0.472 e. The first-order chi connectivity index (χ1) is 15.3. The molecule has 1 aromatic carbocycles. The Hall–Kier alpha value is -1.95. The Morgan fingerprint density at radius 1 is 1.03 bits per heavy atom. The second kappa shape index (κ2) is 10.1. The quantitative estimate of drug-likeness (QED) is 0.731. The Balaban J connectivity index is 1.18. The molecule has 1 N–H and O–H groups in total. The molecule has 31 heavy (non-hydrogen) atoms. The molecule has 2 aliphatic heterocycles. The zero-order valence-corrected chi connectivity index (χ0v) is 18.4. The highest BCUT2D eigenvalue weighted by atomic mass is 16.5. The van der Waals surface area contributed by atoms with Crippen LogP contribution in [0.25, 0.3) is 0 Å². The molecule has 5 rings (SSSR count). The van der Waals surface area contributed by atoms with Gasteiger partial charge in [0.2, 0.25) is 5.88 Å². The van der Waals surface area contributed by atoms with Gasteiger partial charge in [-0.2, -0.15) is 0 Å². The summed E-state index contributed by atoms with van der Waals surface area (Å²) >= 11 is 0. The number of fused-ring (bicyclic) bond motifs is 1. The van der Waals surface area contributed by atoms with Crippen LogP contribution < -0.4 is 10.1 Å². The highest BCUT2D eigenvalue weighted by Gasteiger charge is 2.38. The number of pyridine rings is 1. The lowest BCUT2D eigenvalue weighted by atomic mass is 9.88. The number of hydrogen-bond acceptors (Lipinski definition) is 5. The van der Waals surface area contributed by atoms with Crippen LogP contribution in [0.3, 0.4) is 0 Å². The van der Waals surface area contributed by atoms with Gasteiger partial charge in [-0.1, -0.05) is 43.2 Å². The van der Waals surface area contributed by atoms with Crippen molar-refractivity contribution in [1.82, 2.24) is 15.2 Å². The van der Waals surface area contributed by atoms with E-state index in [1.807, 2.05) is 6.20 Å². The maximum absolute atomic E-state index is 6.00. The summed E-state index contributed by atoms with van der Waals surface area (Å²) in [6, 6.07) is 15.7. The molecule has 4 atom stereocenters. The van der Waals surface area contributed by atoms with Crippen molar-refractivity contribution in [2.75, 3.05) is 26.3 Å². The maximum atomic E-state index is 6.00. The first kappa shape index (κ1) is 20.9. The van der Waals surface area contributed by atoms with Gasteiger partial charge in [0.05, 0.1) is 13.2 Å². The Labute approximate surface area is 186 Å². The minimum absolute atomic E-state index is 0.146. The van der Waals surface area contributed by atoms with Crippen molar-refractivity contribution in [3.05, 3.63) is 59.8 Å². The predicted octanol–water partition coefficient (Wildman–Crippen LogP) is 4.03. The molecule has 5 nitrogen and oxygen atoms in total. The van der Waals surface area contributed by atoms with E-state index in [9.17, 15) is 0 Å². The summed E-state index contributed by atoms with van der Waals surface area (Å²) in [7, 11) is 0. The Kier molecular flexibility index (Phi) is 6.83. The molecule has 0 radical (unpaired) electrons. The van der Waals surface area contributed by atoms with E-state index in [1.165, 1.54) is 49.9 Å². The van der Waals surface area contributed by atoms with E-state index in [2.05, 4.69) is 57.7 Å². The van der Waals surface area contributed by atoms with Crippen LogP contribution in [-0.4, -0.2) is 48.3 Å². The third-order valence-corrected chi connectivity index (χ3v) is 7.22. The molecular formula is C26H35N3O2. The van der Waals surface area contributed by atoms with Crippen molar-refractivity contribution in [3.63, 3.8) is 0 Å². The molecular weight excluding hydrogens is 386 g/mol. The van der Waals surface area contributed by atoms with Gasteiger partial charge in [0.1, 0.15) is 6.10 Å². The molecule has 5 heteroatoms. The van der Waals surface area contributed by atoms with E-state index < -0.39 is 0 Å². The third kappa shape index (κ3) is 5.46. The molecule has 2 saturated heterocycles. The van der Waals surface area contributed by atoms with Crippen molar-refractivity contribution >= 4 is 0 Å². The van der Waals surface area contributed by atoms with Crippen LogP contribution in [-0.2, 0) is 17.8 Å². The first-order valence-electron chi connectivity index (χ1n) is 12.0. The number of benzene rings is 1. The smallest absolute Gasteiger partial charge is 0.213 e. The minimum atomic E-state index is 0.146. The molecule has 2 aromatic rings. The molecule has 4 unspecified atom stereocenters. The fraction of sp³-hybridized carbons (Fsp3) is 0.577. The summed E-state index contributed by atoms with van der Waals surface area (Å²) in [5, 5.41) is 3.92. The van der Waals surface area contributed by atoms with Gasteiger partial charge in [-0.05, 0) is 41.9 Å². The van der Waals surface area contributed by atoms with Gasteiger partial charge in [-0.15, -0.1) is 0 Å². The lowest BCUT2D eigenvalue weighted by Gasteiger charge is -2.27. The van der Waals surface area contributed by atoms with E-state index >= 15 is 0 Å². The highest BCUT2D eigenvalue weighted by Crippen LogP contribution is 2.36. The fourth-order valence-corrected chi connectivity index (χ4v) is 5.61. The van der Waals surface area contributed by atoms with Crippen LogP contribution >= 0.6 is 0 Å². The van der Waals surface area contributed by atoms with Crippen LogP contribution in [0.2, 0.25) is 0 Å². The van der Waals surface area contributed by atoms with Crippen molar-refractivity contribution < 1.29 is 9.47 Å². The van der Waals surface area contributed by atoms with Crippen LogP contribution in [0.4, 0.5) is 0 Å². The second-order valence-corrected chi connectivity index (χ2v) is 9.48. The van der Waals surface area contributed by atoms with Crippen LogP contribution in [0.15, 0.2) is 48.7 Å². The molecule has 3 aliphatic rings. The number of ether oxygens (including phenoxy) is 2.